The van der Waals surface area contributed by atoms with Crippen LogP contribution in [0.4, 0.5) is 0 Å². The Labute approximate surface area is 99.0 Å². The second-order valence-corrected chi connectivity index (χ2v) is 4.30. The maximum absolute atomic E-state index is 6.08. The maximum atomic E-state index is 6.08. The Kier molecular flexibility index (Phi) is 2.80. The van der Waals surface area contributed by atoms with Gasteiger partial charge < -0.3 is 11.5 Å². The molecule has 0 fully saturated rings. The zero-order valence-corrected chi connectivity index (χ0v) is 9.65. The molecule has 0 saturated heterocycles. The van der Waals surface area contributed by atoms with Gasteiger partial charge in [-0.05, 0) is 18.2 Å². The number of hydrogen-bond acceptors (Lipinski definition) is 4. The highest BCUT2D eigenvalue weighted by Crippen LogP contribution is 2.26. The first-order chi connectivity index (χ1) is 7.51. The summed E-state index contributed by atoms with van der Waals surface area (Å²) in [5.74, 6) is -0.0762. The molecular weight excluding hydrogens is 224 g/mol. The molecule has 0 aliphatic carbocycles. The number of nitrogens with zero attached hydrogens (tertiary/aromatic N) is 2. The van der Waals surface area contributed by atoms with Gasteiger partial charge in [-0.25, -0.2) is 4.99 Å². The molecule has 16 heavy (non-hydrogen) atoms. The van der Waals surface area contributed by atoms with E-state index in [1.165, 1.54) is 0 Å². The fraction of sp³-hybridized carbons (Fsp3) is 0.273. The molecule has 2 rings (SSSR count). The van der Waals surface area contributed by atoms with Gasteiger partial charge in [0.25, 0.3) is 0 Å². The molecule has 1 aliphatic heterocycles. The topological polar surface area (TPSA) is 77.3 Å². The van der Waals surface area contributed by atoms with Crippen LogP contribution >= 0.6 is 11.6 Å². The molecule has 0 unspecified atom stereocenters. The van der Waals surface area contributed by atoms with Crippen molar-refractivity contribution in [2.24, 2.45) is 22.4 Å². The van der Waals surface area contributed by atoms with Gasteiger partial charge in [0.1, 0.15) is 10.8 Å². The van der Waals surface area contributed by atoms with E-state index in [2.05, 4.69) is 9.98 Å². The average Bonchev–Trinajstić information content (AvgIpc) is 2.25. The lowest BCUT2D eigenvalue weighted by Gasteiger charge is -2.33. The summed E-state index contributed by atoms with van der Waals surface area (Å²) in [4.78, 5) is 8.23. The van der Waals surface area contributed by atoms with Gasteiger partial charge in [-0.3, -0.25) is 4.98 Å². The SMILES string of the molecule is C[C@@H]1C=C(Cl)N=C(c2cccnc2)C1(N)N. The second-order valence-electron chi connectivity index (χ2n) is 3.91. The summed E-state index contributed by atoms with van der Waals surface area (Å²) in [6, 6.07) is 3.67. The molecule has 0 saturated carbocycles. The highest BCUT2D eigenvalue weighted by atomic mass is 35.5. The van der Waals surface area contributed by atoms with Crippen LogP contribution in [0.5, 0.6) is 0 Å². The van der Waals surface area contributed by atoms with Crippen molar-refractivity contribution in [3.8, 4) is 0 Å². The molecule has 1 atom stereocenters. The summed E-state index contributed by atoms with van der Waals surface area (Å²) in [6.07, 6.45) is 5.11. The van der Waals surface area contributed by atoms with Crippen molar-refractivity contribution in [3.05, 3.63) is 41.3 Å². The molecule has 4 nitrogen and oxygen atoms in total. The van der Waals surface area contributed by atoms with Crippen LogP contribution in [0.3, 0.4) is 0 Å². The number of halogens is 1. The molecule has 1 aromatic heterocycles. The van der Waals surface area contributed by atoms with E-state index in [-0.39, 0.29) is 5.92 Å². The molecule has 2 heterocycles. The van der Waals surface area contributed by atoms with E-state index < -0.39 is 5.66 Å². The molecule has 5 heteroatoms. The first kappa shape index (κ1) is 11.3. The Morgan fingerprint density at radius 2 is 2.19 bits per heavy atom. The molecule has 4 N–H and O–H groups in total. The molecule has 84 valence electrons. The summed E-state index contributed by atoms with van der Waals surface area (Å²) in [5, 5.41) is 0.415. The predicted octanol–water partition coefficient (Wildman–Crippen LogP) is 1.21. The van der Waals surface area contributed by atoms with E-state index in [1.807, 2.05) is 19.1 Å². The quantitative estimate of drug-likeness (QED) is 0.569. The van der Waals surface area contributed by atoms with Crippen molar-refractivity contribution < 1.29 is 0 Å². The fourth-order valence-electron chi connectivity index (χ4n) is 1.62. The zero-order valence-electron chi connectivity index (χ0n) is 8.89. The Bertz CT molecular complexity index is 450. The Hall–Kier alpha value is -1.23. The minimum atomic E-state index is -1.01. The lowest BCUT2D eigenvalue weighted by atomic mass is 9.86. The lowest BCUT2D eigenvalue weighted by molar-refractivity contribution is 0.461. The van der Waals surface area contributed by atoms with Crippen molar-refractivity contribution in [3.63, 3.8) is 0 Å². The number of aromatic nitrogens is 1. The molecule has 0 spiro atoms. The van der Waals surface area contributed by atoms with Crippen LogP contribution in [0.15, 0.2) is 40.8 Å². The van der Waals surface area contributed by atoms with Crippen molar-refractivity contribution in [2.45, 2.75) is 12.6 Å². The van der Waals surface area contributed by atoms with Crippen LogP contribution in [-0.4, -0.2) is 16.4 Å². The van der Waals surface area contributed by atoms with Crippen LogP contribution in [-0.2, 0) is 0 Å². The summed E-state index contributed by atoms with van der Waals surface area (Å²) in [6.45, 7) is 1.91. The second kappa shape index (κ2) is 3.97. The van der Waals surface area contributed by atoms with Crippen molar-refractivity contribution in [2.75, 3.05) is 0 Å². The number of pyridine rings is 1. The van der Waals surface area contributed by atoms with E-state index in [9.17, 15) is 0 Å². The van der Waals surface area contributed by atoms with Gasteiger partial charge >= 0.3 is 0 Å². The first-order valence-electron chi connectivity index (χ1n) is 4.96. The van der Waals surface area contributed by atoms with Crippen LogP contribution in [0, 0.1) is 5.92 Å². The minimum Gasteiger partial charge on any atom is -0.308 e. The van der Waals surface area contributed by atoms with Crippen LogP contribution in [0.25, 0.3) is 0 Å². The smallest absolute Gasteiger partial charge is 0.125 e. The van der Waals surface area contributed by atoms with Gasteiger partial charge in [-0.15, -0.1) is 0 Å². The molecular formula is C11H13ClN4. The fourth-order valence-corrected chi connectivity index (χ4v) is 1.89. The van der Waals surface area contributed by atoms with Crippen molar-refractivity contribution in [1.29, 1.82) is 0 Å². The number of rotatable bonds is 1. The van der Waals surface area contributed by atoms with E-state index in [4.69, 9.17) is 23.1 Å². The molecule has 0 radical (unpaired) electrons. The Morgan fingerprint density at radius 1 is 1.44 bits per heavy atom. The van der Waals surface area contributed by atoms with Gasteiger partial charge in [0.15, 0.2) is 0 Å². The monoisotopic (exact) mass is 236 g/mol. The Morgan fingerprint density at radius 3 is 2.81 bits per heavy atom. The predicted molar refractivity (Wildman–Crippen MR) is 65.0 cm³/mol. The van der Waals surface area contributed by atoms with Gasteiger partial charge in [-0.2, -0.15) is 0 Å². The number of hydrogen-bond donors (Lipinski definition) is 2. The normalized spacial score (nSPS) is 23.6. The van der Waals surface area contributed by atoms with Gasteiger partial charge in [0, 0.05) is 23.9 Å². The third kappa shape index (κ3) is 1.87. The minimum absolute atomic E-state index is 0.0762. The van der Waals surface area contributed by atoms with Crippen molar-refractivity contribution in [1.82, 2.24) is 4.98 Å². The maximum Gasteiger partial charge on any atom is 0.125 e. The van der Waals surface area contributed by atoms with Crippen LogP contribution in [0.1, 0.15) is 12.5 Å². The highest BCUT2D eigenvalue weighted by molar-refractivity contribution is 6.31. The van der Waals surface area contributed by atoms with E-state index >= 15 is 0 Å². The first-order valence-corrected chi connectivity index (χ1v) is 5.34. The van der Waals surface area contributed by atoms with Gasteiger partial charge in [0.2, 0.25) is 0 Å². The number of nitrogens with two attached hydrogens (primary N) is 2. The van der Waals surface area contributed by atoms with E-state index in [0.717, 1.165) is 5.56 Å². The van der Waals surface area contributed by atoms with Crippen LogP contribution in [0.2, 0.25) is 0 Å². The lowest BCUT2D eigenvalue weighted by Crippen LogP contribution is -2.61. The number of aliphatic imine (C=N–C) groups is 1. The van der Waals surface area contributed by atoms with Gasteiger partial charge in [0.05, 0.1) is 5.71 Å². The van der Waals surface area contributed by atoms with E-state index in [1.54, 1.807) is 18.5 Å². The summed E-state index contributed by atoms with van der Waals surface area (Å²) in [5.41, 5.74) is 12.5. The standard InChI is InChI=1S/C11H13ClN4/c1-7-5-9(12)16-10(11(7,13)14)8-3-2-4-15-6-8/h2-7H,13-14H2,1H3/t7-/m1/s1. The van der Waals surface area contributed by atoms with Crippen molar-refractivity contribution >= 4 is 17.3 Å². The summed E-state index contributed by atoms with van der Waals surface area (Å²) < 4.78 is 0. The third-order valence-electron chi connectivity index (χ3n) is 2.70. The molecule has 1 aliphatic rings. The molecule has 1 aromatic rings. The third-order valence-corrected chi connectivity index (χ3v) is 2.92. The Balaban J connectivity index is 2.51. The summed E-state index contributed by atoms with van der Waals surface area (Å²) in [7, 11) is 0. The highest BCUT2D eigenvalue weighted by Gasteiger charge is 2.36. The molecule has 0 amide bonds. The molecule has 0 aromatic carbocycles. The largest absolute Gasteiger partial charge is 0.308 e. The average molecular weight is 237 g/mol. The van der Waals surface area contributed by atoms with Crippen LogP contribution < -0.4 is 11.5 Å². The van der Waals surface area contributed by atoms with Gasteiger partial charge in [-0.1, -0.05) is 18.5 Å². The zero-order chi connectivity index (χ0) is 11.8. The van der Waals surface area contributed by atoms with E-state index in [0.29, 0.717) is 10.9 Å². The molecule has 0 bridgehead atoms. The summed E-state index contributed by atoms with van der Waals surface area (Å²) >= 11 is 5.93.